The van der Waals surface area contributed by atoms with Gasteiger partial charge in [-0.1, -0.05) is 42.3 Å². The first-order valence-corrected chi connectivity index (χ1v) is 8.84. The molecule has 22 heavy (non-hydrogen) atoms. The Kier molecular flexibility index (Phi) is 5.11. The smallest absolute Gasteiger partial charge is 0.257 e. The first kappa shape index (κ1) is 16.8. The van der Waals surface area contributed by atoms with Gasteiger partial charge < -0.3 is 5.32 Å². The summed E-state index contributed by atoms with van der Waals surface area (Å²) in [6, 6.07) is 10.7. The van der Waals surface area contributed by atoms with Crippen LogP contribution in [0, 0.1) is 0 Å². The Balaban J connectivity index is 2.39. The lowest BCUT2D eigenvalue weighted by molar-refractivity contribution is 0.102. The predicted octanol–water partition coefficient (Wildman–Crippen LogP) is 4.04. The van der Waals surface area contributed by atoms with E-state index in [1.807, 2.05) is 0 Å². The number of sulfone groups is 1. The highest BCUT2D eigenvalue weighted by Crippen LogP contribution is 2.26. The van der Waals surface area contributed by atoms with Crippen molar-refractivity contribution in [3.63, 3.8) is 0 Å². The minimum atomic E-state index is -3.50. The van der Waals surface area contributed by atoms with E-state index in [1.54, 1.807) is 24.3 Å². The van der Waals surface area contributed by atoms with E-state index in [4.69, 9.17) is 23.2 Å². The molecule has 0 aliphatic rings. The third-order valence-electron chi connectivity index (χ3n) is 3.03. The minimum absolute atomic E-state index is 0.0000796. The largest absolute Gasteiger partial charge is 0.321 e. The van der Waals surface area contributed by atoms with Crippen LogP contribution in [-0.4, -0.2) is 20.1 Å². The maximum atomic E-state index is 12.4. The number of rotatable bonds is 4. The van der Waals surface area contributed by atoms with Gasteiger partial charge in [-0.05, 0) is 30.3 Å². The van der Waals surface area contributed by atoms with E-state index in [9.17, 15) is 13.2 Å². The van der Waals surface area contributed by atoms with Crippen LogP contribution in [0.25, 0.3) is 0 Å². The Hall–Kier alpha value is -1.56. The van der Waals surface area contributed by atoms with Gasteiger partial charge in [0.25, 0.3) is 5.91 Å². The van der Waals surface area contributed by atoms with Crippen LogP contribution in [0.2, 0.25) is 10.0 Å². The summed E-state index contributed by atoms with van der Waals surface area (Å²) in [4.78, 5) is 12.4. The molecule has 0 radical (unpaired) electrons. The average Bonchev–Trinajstić information content (AvgIpc) is 2.50. The van der Waals surface area contributed by atoms with Crippen molar-refractivity contribution in [1.82, 2.24) is 0 Å². The molecule has 0 spiro atoms. The van der Waals surface area contributed by atoms with Gasteiger partial charge in [-0.3, -0.25) is 4.79 Å². The zero-order valence-electron chi connectivity index (χ0n) is 11.6. The Bertz CT molecular complexity index is 819. The molecule has 2 aromatic carbocycles. The normalized spacial score (nSPS) is 11.2. The van der Waals surface area contributed by atoms with Gasteiger partial charge in [0.05, 0.1) is 26.9 Å². The summed E-state index contributed by atoms with van der Waals surface area (Å²) in [5, 5.41) is 3.31. The van der Waals surface area contributed by atoms with Crippen molar-refractivity contribution in [3.8, 4) is 0 Å². The number of halogens is 2. The Morgan fingerprint density at radius 3 is 2.45 bits per heavy atom. The van der Waals surface area contributed by atoms with Crippen molar-refractivity contribution in [2.24, 2.45) is 0 Å². The third kappa shape index (κ3) is 3.61. The fraction of sp³-hybridized carbons (Fsp3) is 0.133. The van der Waals surface area contributed by atoms with Gasteiger partial charge in [0.1, 0.15) is 0 Å². The lowest BCUT2D eigenvalue weighted by atomic mass is 10.2. The molecular weight excluding hydrogens is 345 g/mol. The number of anilines is 1. The number of hydrogen-bond donors (Lipinski definition) is 1. The van der Waals surface area contributed by atoms with Crippen LogP contribution >= 0.6 is 23.2 Å². The van der Waals surface area contributed by atoms with Gasteiger partial charge in [-0.25, -0.2) is 8.42 Å². The molecule has 0 atom stereocenters. The quantitative estimate of drug-likeness (QED) is 0.897. The highest BCUT2D eigenvalue weighted by molar-refractivity contribution is 7.91. The summed E-state index contributed by atoms with van der Waals surface area (Å²) in [7, 11) is -3.50. The highest BCUT2D eigenvalue weighted by atomic mass is 35.5. The Morgan fingerprint density at radius 1 is 1.14 bits per heavy atom. The van der Waals surface area contributed by atoms with Crippen molar-refractivity contribution in [2.75, 3.05) is 11.1 Å². The van der Waals surface area contributed by atoms with Crippen LogP contribution in [-0.2, 0) is 9.84 Å². The number of hydrogen-bond acceptors (Lipinski definition) is 3. The van der Waals surface area contributed by atoms with E-state index in [1.165, 1.54) is 25.1 Å². The van der Waals surface area contributed by atoms with Crippen LogP contribution in [0.5, 0.6) is 0 Å². The molecule has 1 amide bonds. The van der Waals surface area contributed by atoms with Crippen LogP contribution in [0.15, 0.2) is 47.4 Å². The van der Waals surface area contributed by atoms with Crippen LogP contribution in [0.1, 0.15) is 17.3 Å². The maximum Gasteiger partial charge on any atom is 0.257 e. The molecule has 4 nitrogen and oxygen atoms in total. The zero-order valence-corrected chi connectivity index (χ0v) is 14.0. The molecule has 0 aliphatic heterocycles. The first-order valence-electron chi connectivity index (χ1n) is 6.43. The molecule has 0 aliphatic carbocycles. The van der Waals surface area contributed by atoms with Gasteiger partial charge in [-0.2, -0.15) is 0 Å². The van der Waals surface area contributed by atoms with Crippen molar-refractivity contribution in [3.05, 3.63) is 58.1 Å². The summed E-state index contributed by atoms with van der Waals surface area (Å²) in [5.41, 5.74) is 0.440. The summed E-state index contributed by atoms with van der Waals surface area (Å²) in [6.45, 7) is 1.53. The van der Waals surface area contributed by atoms with Gasteiger partial charge in [0.15, 0.2) is 9.84 Å². The second-order valence-corrected chi connectivity index (χ2v) is 7.57. The lowest BCUT2D eigenvalue weighted by Gasteiger charge is -2.11. The molecule has 0 bridgehead atoms. The lowest BCUT2D eigenvalue weighted by Crippen LogP contribution is -2.17. The molecular formula is C15H13Cl2NO3S. The van der Waals surface area contributed by atoms with E-state index in [-0.39, 0.29) is 21.2 Å². The second-order valence-electron chi connectivity index (χ2n) is 4.48. The molecule has 0 saturated heterocycles. The molecule has 7 heteroatoms. The Morgan fingerprint density at radius 2 is 1.82 bits per heavy atom. The minimum Gasteiger partial charge on any atom is -0.321 e. The number of carbonyl (C=O) groups excluding carboxylic acids is 1. The molecule has 116 valence electrons. The molecule has 1 N–H and O–H groups in total. The SMILES string of the molecule is CCS(=O)(=O)c1ccccc1C(=O)Nc1ccc(Cl)cc1Cl. The molecule has 0 aromatic heterocycles. The maximum absolute atomic E-state index is 12.4. The standard InChI is InChI=1S/C15H13Cl2NO3S/c1-2-22(20,21)14-6-4-3-5-11(14)15(19)18-13-8-7-10(16)9-12(13)17/h3-9H,2H2,1H3,(H,18,19). The number of nitrogens with one attached hydrogen (secondary N) is 1. The van der Waals surface area contributed by atoms with Crippen LogP contribution < -0.4 is 5.32 Å². The highest BCUT2D eigenvalue weighted by Gasteiger charge is 2.21. The summed E-state index contributed by atoms with van der Waals surface area (Å²) < 4.78 is 24.1. The van der Waals surface area contributed by atoms with E-state index in [0.717, 1.165) is 0 Å². The van der Waals surface area contributed by atoms with Gasteiger partial charge in [-0.15, -0.1) is 0 Å². The average molecular weight is 358 g/mol. The van der Waals surface area contributed by atoms with Crippen molar-refractivity contribution in [1.29, 1.82) is 0 Å². The van der Waals surface area contributed by atoms with Crippen molar-refractivity contribution < 1.29 is 13.2 Å². The summed E-state index contributed by atoms with van der Waals surface area (Å²) in [5.74, 6) is -0.629. The molecule has 0 saturated carbocycles. The van der Waals surface area contributed by atoms with Crippen molar-refractivity contribution in [2.45, 2.75) is 11.8 Å². The number of benzene rings is 2. The fourth-order valence-electron chi connectivity index (χ4n) is 1.86. The fourth-order valence-corrected chi connectivity index (χ4v) is 3.41. The number of carbonyl (C=O) groups is 1. The van der Waals surface area contributed by atoms with E-state index >= 15 is 0 Å². The molecule has 0 unspecified atom stereocenters. The number of amides is 1. The predicted molar refractivity (Wildman–Crippen MR) is 88.6 cm³/mol. The zero-order chi connectivity index (χ0) is 16.3. The van der Waals surface area contributed by atoms with E-state index in [2.05, 4.69) is 5.32 Å². The monoisotopic (exact) mass is 357 g/mol. The van der Waals surface area contributed by atoms with E-state index < -0.39 is 15.7 Å². The van der Waals surface area contributed by atoms with Crippen LogP contribution in [0.3, 0.4) is 0 Å². The topological polar surface area (TPSA) is 63.2 Å². The van der Waals surface area contributed by atoms with Gasteiger partial charge in [0.2, 0.25) is 0 Å². The third-order valence-corrected chi connectivity index (χ3v) is 5.36. The molecule has 0 heterocycles. The second kappa shape index (κ2) is 6.69. The van der Waals surface area contributed by atoms with E-state index in [0.29, 0.717) is 10.7 Å². The summed E-state index contributed by atoms with van der Waals surface area (Å²) >= 11 is 11.8. The van der Waals surface area contributed by atoms with Gasteiger partial charge >= 0.3 is 0 Å². The summed E-state index contributed by atoms with van der Waals surface area (Å²) in [6.07, 6.45) is 0. The molecule has 0 fully saturated rings. The molecule has 2 rings (SSSR count). The van der Waals surface area contributed by atoms with Gasteiger partial charge in [0, 0.05) is 5.02 Å². The molecule has 2 aromatic rings. The first-order chi connectivity index (χ1) is 10.3. The van der Waals surface area contributed by atoms with Crippen LogP contribution in [0.4, 0.5) is 5.69 Å². The van der Waals surface area contributed by atoms with Crippen molar-refractivity contribution >= 4 is 44.6 Å². The Labute approximate surface area is 139 Å².